The molecule has 0 amide bonds. The molecule has 0 saturated heterocycles. The van der Waals surface area contributed by atoms with E-state index in [4.69, 9.17) is 11.6 Å². The zero-order chi connectivity index (χ0) is 13.1. The Hall–Kier alpha value is -1.75. The quantitative estimate of drug-likeness (QED) is 0.680. The molecule has 0 radical (unpaired) electrons. The normalized spacial score (nSPS) is 10.4. The van der Waals surface area contributed by atoms with Crippen LogP contribution in [0.15, 0.2) is 30.5 Å². The Labute approximate surface area is 106 Å². The van der Waals surface area contributed by atoms with Gasteiger partial charge in [0.25, 0.3) is 0 Å². The summed E-state index contributed by atoms with van der Waals surface area (Å²) >= 11 is 5.80. The molecule has 6 heteroatoms. The maximum absolute atomic E-state index is 13.0. The van der Waals surface area contributed by atoms with Crippen LogP contribution >= 0.6 is 11.6 Å². The molecule has 94 valence electrons. The maximum atomic E-state index is 13.0. The summed E-state index contributed by atoms with van der Waals surface area (Å²) in [5, 5.41) is 3.10. The van der Waals surface area contributed by atoms with Crippen molar-refractivity contribution in [3.63, 3.8) is 0 Å². The van der Waals surface area contributed by atoms with Crippen LogP contribution in [-0.2, 0) is 6.54 Å². The van der Waals surface area contributed by atoms with E-state index in [1.54, 1.807) is 12.1 Å². The lowest BCUT2D eigenvalue weighted by Gasteiger charge is -2.08. The van der Waals surface area contributed by atoms with Crippen molar-refractivity contribution in [3.8, 4) is 0 Å². The Morgan fingerprint density at radius 2 is 1.83 bits per heavy atom. The molecule has 1 N–H and O–H groups in total. The van der Waals surface area contributed by atoms with Gasteiger partial charge in [-0.3, -0.25) is 0 Å². The number of hydrogen-bond donors (Lipinski definition) is 1. The predicted octanol–water partition coefficient (Wildman–Crippen LogP) is 3.76. The van der Waals surface area contributed by atoms with Gasteiger partial charge in [-0.1, -0.05) is 11.6 Å². The standard InChI is InChI=1S/C12H8ClF3N2/c13-12-10(2-1-3-17-12)18-6-7-4-8(14)11(16)9(15)5-7/h1-5,18H,6H2. The molecule has 0 bridgehead atoms. The molecule has 18 heavy (non-hydrogen) atoms. The van der Waals surface area contributed by atoms with E-state index in [1.807, 2.05) is 0 Å². The fourth-order valence-corrected chi connectivity index (χ4v) is 1.61. The number of aromatic nitrogens is 1. The molecular formula is C12H8ClF3N2. The fourth-order valence-electron chi connectivity index (χ4n) is 1.43. The molecule has 1 aromatic heterocycles. The predicted molar refractivity (Wildman–Crippen MR) is 62.9 cm³/mol. The van der Waals surface area contributed by atoms with Gasteiger partial charge < -0.3 is 5.32 Å². The largest absolute Gasteiger partial charge is 0.378 e. The van der Waals surface area contributed by atoms with Crippen LogP contribution in [0.25, 0.3) is 0 Å². The summed E-state index contributed by atoms with van der Waals surface area (Å²) in [5.41, 5.74) is 0.802. The number of benzene rings is 1. The summed E-state index contributed by atoms with van der Waals surface area (Å²) in [4.78, 5) is 3.84. The molecule has 0 atom stereocenters. The third-order valence-electron chi connectivity index (χ3n) is 2.29. The SMILES string of the molecule is Fc1cc(CNc2cccnc2Cl)cc(F)c1F. The van der Waals surface area contributed by atoms with Crippen molar-refractivity contribution in [2.24, 2.45) is 0 Å². The van der Waals surface area contributed by atoms with Gasteiger partial charge in [0.2, 0.25) is 0 Å². The van der Waals surface area contributed by atoms with Crippen molar-refractivity contribution >= 4 is 17.3 Å². The van der Waals surface area contributed by atoms with Crippen LogP contribution in [0.4, 0.5) is 18.9 Å². The monoisotopic (exact) mass is 272 g/mol. The molecule has 1 aromatic carbocycles. The first-order valence-electron chi connectivity index (χ1n) is 5.05. The minimum atomic E-state index is -1.47. The Morgan fingerprint density at radius 3 is 2.44 bits per heavy atom. The Kier molecular flexibility index (Phi) is 3.72. The second kappa shape index (κ2) is 5.27. The van der Waals surface area contributed by atoms with Gasteiger partial charge in [-0.05, 0) is 29.8 Å². The van der Waals surface area contributed by atoms with Gasteiger partial charge in [0.15, 0.2) is 22.6 Å². The van der Waals surface area contributed by atoms with Crippen LogP contribution in [0.1, 0.15) is 5.56 Å². The number of anilines is 1. The van der Waals surface area contributed by atoms with Gasteiger partial charge in [0, 0.05) is 12.7 Å². The molecule has 0 spiro atoms. The van der Waals surface area contributed by atoms with Gasteiger partial charge in [0.1, 0.15) is 0 Å². The number of pyridine rings is 1. The highest BCUT2D eigenvalue weighted by atomic mass is 35.5. The molecule has 0 unspecified atom stereocenters. The number of hydrogen-bond acceptors (Lipinski definition) is 2. The zero-order valence-corrected chi connectivity index (χ0v) is 9.81. The highest BCUT2D eigenvalue weighted by Crippen LogP contribution is 2.19. The van der Waals surface area contributed by atoms with E-state index in [2.05, 4.69) is 10.3 Å². The first-order valence-corrected chi connectivity index (χ1v) is 5.43. The Bertz CT molecular complexity index is 552. The van der Waals surface area contributed by atoms with E-state index >= 15 is 0 Å². The molecule has 0 fully saturated rings. The summed E-state index contributed by atoms with van der Waals surface area (Å²) in [6, 6.07) is 5.19. The van der Waals surface area contributed by atoms with E-state index < -0.39 is 17.5 Å². The minimum absolute atomic E-state index is 0.111. The van der Waals surface area contributed by atoms with Crippen LogP contribution in [0.2, 0.25) is 5.15 Å². The highest BCUT2D eigenvalue weighted by Gasteiger charge is 2.10. The van der Waals surface area contributed by atoms with E-state index in [1.165, 1.54) is 6.20 Å². The molecule has 2 aromatic rings. The van der Waals surface area contributed by atoms with E-state index in [9.17, 15) is 13.2 Å². The van der Waals surface area contributed by atoms with E-state index in [0.29, 0.717) is 5.69 Å². The minimum Gasteiger partial charge on any atom is -0.378 e. The molecule has 1 heterocycles. The Morgan fingerprint density at radius 1 is 1.17 bits per heavy atom. The van der Waals surface area contributed by atoms with Crippen molar-refractivity contribution in [2.45, 2.75) is 6.54 Å². The van der Waals surface area contributed by atoms with Crippen LogP contribution in [0.5, 0.6) is 0 Å². The molecule has 0 aliphatic heterocycles. The van der Waals surface area contributed by atoms with E-state index in [0.717, 1.165) is 12.1 Å². The van der Waals surface area contributed by atoms with Gasteiger partial charge in [-0.2, -0.15) is 0 Å². The lowest BCUT2D eigenvalue weighted by Crippen LogP contribution is -2.03. The topological polar surface area (TPSA) is 24.9 Å². The van der Waals surface area contributed by atoms with Crippen molar-refractivity contribution in [2.75, 3.05) is 5.32 Å². The molecule has 0 aliphatic carbocycles. The average Bonchev–Trinajstić information content (AvgIpc) is 2.35. The molecule has 2 rings (SSSR count). The fraction of sp³-hybridized carbons (Fsp3) is 0.0833. The summed E-state index contributed by atoms with van der Waals surface area (Å²) in [6.07, 6.45) is 1.52. The summed E-state index contributed by atoms with van der Waals surface area (Å²) < 4.78 is 38.7. The third kappa shape index (κ3) is 2.73. The first kappa shape index (κ1) is 12.7. The molecular weight excluding hydrogens is 265 g/mol. The lowest BCUT2D eigenvalue weighted by molar-refractivity contribution is 0.445. The summed E-state index contributed by atoms with van der Waals surface area (Å²) in [5.74, 6) is -3.91. The molecule has 0 aliphatic rings. The van der Waals surface area contributed by atoms with Crippen LogP contribution in [0.3, 0.4) is 0 Å². The Balaban J connectivity index is 2.14. The summed E-state index contributed by atoms with van der Waals surface area (Å²) in [7, 11) is 0. The lowest BCUT2D eigenvalue weighted by atomic mass is 10.2. The third-order valence-corrected chi connectivity index (χ3v) is 2.59. The maximum Gasteiger partial charge on any atom is 0.194 e. The van der Waals surface area contributed by atoms with Crippen molar-refractivity contribution in [1.82, 2.24) is 4.98 Å². The number of halogens is 4. The van der Waals surface area contributed by atoms with Crippen LogP contribution < -0.4 is 5.32 Å². The summed E-state index contributed by atoms with van der Waals surface area (Å²) in [6.45, 7) is 0.111. The van der Waals surface area contributed by atoms with Gasteiger partial charge in [0.05, 0.1) is 5.69 Å². The second-order valence-corrected chi connectivity index (χ2v) is 3.93. The smallest absolute Gasteiger partial charge is 0.194 e. The number of nitrogens with one attached hydrogen (secondary N) is 1. The van der Waals surface area contributed by atoms with Crippen molar-refractivity contribution in [1.29, 1.82) is 0 Å². The van der Waals surface area contributed by atoms with Crippen LogP contribution in [-0.4, -0.2) is 4.98 Å². The molecule has 0 saturated carbocycles. The highest BCUT2D eigenvalue weighted by molar-refractivity contribution is 6.31. The van der Waals surface area contributed by atoms with Gasteiger partial charge in [-0.15, -0.1) is 0 Å². The first-order chi connectivity index (χ1) is 8.58. The van der Waals surface area contributed by atoms with Crippen LogP contribution in [0, 0.1) is 17.5 Å². The molecule has 2 nitrogen and oxygen atoms in total. The zero-order valence-electron chi connectivity index (χ0n) is 9.05. The van der Waals surface area contributed by atoms with E-state index in [-0.39, 0.29) is 17.3 Å². The van der Waals surface area contributed by atoms with Crippen molar-refractivity contribution < 1.29 is 13.2 Å². The second-order valence-electron chi connectivity index (χ2n) is 3.57. The van der Waals surface area contributed by atoms with Gasteiger partial charge >= 0.3 is 0 Å². The number of rotatable bonds is 3. The van der Waals surface area contributed by atoms with Gasteiger partial charge in [-0.25, -0.2) is 18.2 Å². The van der Waals surface area contributed by atoms with Crippen molar-refractivity contribution in [3.05, 3.63) is 58.6 Å². The average molecular weight is 273 g/mol. The number of nitrogens with zero attached hydrogens (tertiary/aromatic N) is 1.